The van der Waals surface area contributed by atoms with Crippen LogP contribution < -0.4 is 16.0 Å². The smallest absolute Gasteiger partial charge is 0.303 e. The summed E-state index contributed by atoms with van der Waals surface area (Å²) in [6.07, 6.45) is 6.28. The highest BCUT2D eigenvalue weighted by Gasteiger charge is 2.72. The maximum Gasteiger partial charge on any atom is 0.303 e. The number of benzene rings is 2. The molecule has 1 aliphatic carbocycles. The standard InChI is InChI=1S/C32H37Cl2FN4O4/c33-19-9-10-22-24(18-19)37-30(43)32(22)26(21-6-4-7-23(34)27(21)35)28(38-31(32)13-2-1-3-14-31)29(42)36-20-11-16-39(17-12-20)15-5-8-25(40)41/h4,6-7,9-10,18,20,26,28,38H,1-3,5,8,11-17H2,(H,36,42)(H,37,43)(H,40,41)/t26-,28+,32+/m0/s1. The van der Waals surface area contributed by atoms with Gasteiger partial charge in [0.15, 0.2) is 0 Å². The highest BCUT2D eigenvalue weighted by atomic mass is 35.5. The van der Waals surface area contributed by atoms with Crippen molar-refractivity contribution < 1.29 is 23.9 Å². The molecule has 3 aliphatic heterocycles. The van der Waals surface area contributed by atoms with Gasteiger partial charge in [0.2, 0.25) is 11.8 Å². The summed E-state index contributed by atoms with van der Waals surface area (Å²) in [5.41, 5.74) is -0.468. The molecule has 6 rings (SSSR count). The van der Waals surface area contributed by atoms with Gasteiger partial charge in [-0.05, 0) is 68.0 Å². The Morgan fingerprint density at radius 1 is 1.09 bits per heavy atom. The van der Waals surface area contributed by atoms with Crippen molar-refractivity contribution in [2.24, 2.45) is 0 Å². The van der Waals surface area contributed by atoms with Gasteiger partial charge in [0.1, 0.15) is 11.2 Å². The van der Waals surface area contributed by atoms with Gasteiger partial charge in [0, 0.05) is 47.7 Å². The molecule has 2 amide bonds. The van der Waals surface area contributed by atoms with E-state index in [-0.39, 0.29) is 34.9 Å². The molecule has 0 unspecified atom stereocenters. The number of piperidine rings is 1. The maximum atomic E-state index is 16.0. The van der Waals surface area contributed by atoms with Gasteiger partial charge in [0.25, 0.3) is 0 Å². The molecule has 4 N–H and O–H groups in total. The first-order valence-corrected chi connectivity index (χ1v) is 16.0. The fraction of sp³-hybridized carbons (Fsp3) is 0.531. The number of carbonyl (C=O) groups excluding carboxylic acids is 2. The second kappa shape index (κ2) is 12.0. The largest absolute Gasteiger partial charge is 0.481 e. The van der Waals surface area contributed by atoms with Crippen molar-refractivity contribution in [1.29, 1.82) is 0 Å². The van der Waals surface area contributed by atoms with Gasteiger partial charge in [-0.3, -0.25) is 19.7 Å². The number of anilines is 1. The lowest BCUT2D eigenvalue weighted by Gasteiger charge is -2.47. The first-order chi connectivity index (χ1) is 20.7. The molecule has 230 valence electrons. The molecule has 4 aliphatic rings. The summed E-state index contributed by atoms with van der Waals surface area (Å²) < 4.78 is 16.0. The molecule has 0 radical (unpaired) electrons. The van der Waals surface area contributed by atoms with Gasteiger partial charge in [-0.25, -0.2) is 4.39 Å². The predicted octanol–water partition coefficient (Wildman–Crippen LogP) is 5.23. The average molecular weight is 632 g/mol. The molecule has 43 heavy (non-hydrogen) atoms. The van der Waals surface area contributed by atoms with Gasteiger partial charge < -0.3 is 20.6 Å². The molecule has 1 saturated carbocycles. The molecule has 2 aromatic rings. The van der Waals surface area contributed by atoms with Crippen LogP contribution in [0.5, 0.6) is 0 Å². The molecular formula is C32H37Cl2FN4O4. The van der Waals surface area contributed by atoms with Crippen molar-refractivity contribution in [1.82, 2.24) is 15.5 Å². The second-order valence-electron chi connectivity index (χ2n) is 12.5. The van der Waals surface area contributed by atoms with Crippen molar-refractivity contribution in [3.05, 3.63) is 63.4 Å². The Balaban J connectivity index is 1.36. The van der Waals surface area contributed by atoms with Crippen LogP contribution in [-0.4, -0.2) is 65.0 Å². The van der Waals surface area contributed by atoms with Crippen LogP contribution in [0.15, 0.2) is 36.4 Å². The van der Waals surface area contributed by atoms with Gasteiger partial charge in [-0.2, -0.15) is 0 Å². The minimum absolute atomic E-state index is 0.0543. The summed E-state index contributed by atoms with van der Waals surface area (Å²) in [4.78, 5) is 41.8. The number of amides is 2. The third-order valence-electron chi connectivity index (χ3n) is 10.1. The van der Waals surface area contributed by atoms with Crippen LogP contribution in [0.4, 0.5) is 10.1 Å². The van der Waals surface area contributed by atoms with E-state index in [2.05, 4.69) is 20.9 Å². The topological polar surface area (TPSA) is 111 Å². The van der Waals surface area contributed by atoms with Crippen LogP contribution in [0.2, 0.25) is 10.0 Å². The number of carbonyl (C=O) groups is 3. The molecule has 11 heteroatoms. The summed E-state index contributed by atoms with van der Waals surface area (Å²) >= 11 is 12.7. The van der Waals surface area contributed by atoms with E-state index in [1.54, 1.807) is 24.3 Å². The van der Waals surface area contributed by atoms with E-state index < -0.39 is 34.7 Å². The number of hydrogen-bond donors (Lipinski definition) is 4. The Hall–Kier alpha value is -2.72. The molecule has 3 atom stereocenters. The maximum absolute atomic E-state index is 16.0. The van der Waals surface area contributed by atoms with Crippen molar-refractivity contribution in [2.45, 2.75) is 86.7 Å². The third kappa shape index (κ3) is 5.22. The van der Waals surface area contributed by atoms with Crippen LogP contribution >= 0.6 is 23.2 Å². The summed E-state index contributed by atoms with van der Waals surface area (Å²) in [5, 5.41) is 19.3. The van der Waals surface area contributed by atoms with E-state index in [0.29, 0.717) is 36.5 Å². The van der Waals surface area contributed by atoms with Crippen LogP contribution in [-0.2, 0) is 19.8 Å². The Labute approximate surface area is 260 Å². The van der Waals surface area contributed by atoms with Crippen molar-refractivity contribution in [3.63, 3.8) is 0 Å². The molecule has 0 bridgehead atoms. The Kier molecular flexibility index (Phi) is 8.45. The van der Waals surface area contributed by atoms with Crippen LogP contribution in [0.3, 0.4) is 0 Å². The molecule has 8 nitrogen and oxygen atoms in total. The van der Waals surface area contributed by atoms with Crippen LogP contribution in [0, 0.1) is 5.82 Å². The first kappa shape index (κ1) is 30.3. The number of carboxylic acid groups (broad SMARTS) is 1. The number of halogens is 3. The summed E-state index contributed by atoms with van der Waals surface area (Å²) in [7, 11) is 0. The predicted molar refractivity (Wildman–Crippen MR) is 163 cm³/mol. The minimum atomic E-state index is -1.26. The number of likely N-dealkylation sites (tertiary alicyclic amines) is 1. The molecule has 2 saturated heterocycles. The monoisotopic (exact) mass is 630 g/mol. The zero-order chi connectivity index (χ0) is 30.4. The Morgan fingerprint density at radius 3 is 2.56 bits per heavy atom. The molecule has 3 heterocycles. The van der Waals surface area contributed by atoms with Crippen molar-refractivity contribution in [3.8, 4) is 0 Å². The lowest BCUT2D eigenvalue weighted by atomic mass is 9.55. The summed E-state index contributed by atoms with van der Waals surface area (Å²) in [6.45, 7) is 2.20. The molecular weight excluding hydrogens is 594 g/mol. The van der Waals surface area contributed by atoms with E-state index in [1.807, 2.05) is 6.07 Å². The SMILES string of the molecule is O=C(O)CCCN1CCC(NC(=O)[C@@H]2NC3(CCCCC3)[C@@]3(C(=O)Nc4cc(Cl)ccc43)[C@H]2c2cccc(Cl)c2F)CC1. The number of rotatable bonds is 7. The molecule has 0 aromatic heterocycles. The number of carboxylic acids is 1. The number of nitrogens with zero attached hydrogens (tertiary/aromatic N) is 1. The average Bonchev–Trinajstić information content (AvgIpc) is 3.43. The fourth-order valence-electron chi connectivity index (χ4n) is 8.26. The zero-order valence-corrected chi connectivity index (χ0v) is 25.4. The highest BCUT2D eigenvalue weighted by molar-refractivity contribution is 6.31. The third-order valence-corrected chi connectivity index (χ3v) is 10.6. The van der Waals surface area contributed by atoms with Crippen molar-refractivity contribution >= 4 is 46.7 Å². The van der Waals surface area contributed by atoms with E-state index in [4.69, 9.17) is 28.3 Å². The number of aliphatic carboxylic acids is 1. The quantitative estimate of drug-likeness (QED) is 0.334. The van der Waals surface area contributed by atoms with E-state index >= 15 is 4.39 Å². The van der Waals surface area contributed by atoms with E-state index in [9.17, 15) is 14.4 Å². The summed E-state index contributed by atoms with van der Waals surface area (Å²) in [5.74, 6) is -2.79. The minimum Gasteiger partial charge on any atom is -0.481 e. The highest BCUT2D eigenvalue weighted by Crippen LogP contribution is 2.62. The lowest BCUT2D eigenvalue weighted by molar-refractivity contribution is -0.137. The first-order valence-electron chi connectivity index (χ1n) is 15.2. The molecule has 3 fully saturated rings. The lowest BCUT2D eigenvalue weighted by Crippen LogP contribution is -2.60. The van der Waals surface area contributed by atoms with Gasteiger partial charge in [-0.15, -0.1) is 0 Å². The number of fused-ring (bicyclic) bond motifs is 3. The van der Waals surface area contributed by atoms with Crippen LogP contribution in [0.1, 0.15) is 74.8 Å². The Bertz CT molecular complexity index is 1430. The summed E-state index contributed by atoms with van der Waals surface area (Å²) in [6, 6.07) is 9.16. The van der Waals surface area contributed by atoms with Crippen molar-refractivity contribution in [2.75, 3.05) is 25.0 Å². The second-order valence-corrected chi connectivity index (χ2v) is 13.3. The van der Waals surface area contributed by atoms with Gasteiger partial charge in [0.05, 0.1) is 11.1 Å². The van der Waals surface area contributed by atoms with E-state index in [1.165, 1.54) is 6.07 Å². The van der Waals surface area contributed by atoms with Gasteiger partial charge in [-0.1, -0.05) is 60.7 Å². The van der Waals surface area contributed by atoms with Crippen LogP contribution in [0.25, 0.3) is 0 Å². The Morgan fingerprint density at radius 2 is 1.84 bits per heavy atom. The normalized spacial score (nSPS) is 26.9. The van der Waals surface area contributed by atoms with Gasteiger partial charge >= 0.3 is 5.97 Å². The molecule has 2 aromatic carbocycles. The fourth-order valence-corrected chi connectivity index (χ4v) is 8.62. The van der Waals surface area contributed by atoms with E-state index in [0.717, 1.165) is 50.8 Å². The number of nitrogens with one attached hydrogen (secondary N) is 3. The molecule has 2 spiro atoms. The zero-order valence-electron chi connectivity index (χ0n) is 23.9. The number of hydrogen-bond acceptors (Lipinski definition) is 5.